The molecule has 1 atom stereocenters. The number of rotatable bonds is 6. The minimum atomic E-state index is -3.71. The van der Waals surface area contributed by atoms with E-state index in [1.165, 1.54) is 0 Å². The van der Waals surface area contributed by atoms with E-state index in [0.29, 0.717) is 12.1 Å². The van der Waals surface area contributed by atoms with Crippen molar-refractivity contribution in [2.75, 3.05) is 4.72 Å². The number of nitrogens with one attached hydrogen (secondary N) is 2. The second-order valence-corrected chi connectivity index (χ2v) is 10.8. The number of carbonyl (C=O) groups is 2. The summed E-state index contributed by atoms with van der Waals surface area (Å²) in [6.07, 6.45) is 0.654. The molecule has 5 rings (SSSR count). The highest BCUT2D eigenvalue weighted by Crippen LogP contribution is 2.34. The largest absolute Gasteiger partial charge is 0.286 e. The van der Waals surface area contributed by atoms with Crippen LogP contribution in [0.5, 0.6) is 0 Å². The Labute approximate surface area is 201 Å². The molecule has 0 aliphatic carbocycles. The van der Waals surface area contributed by atoms with Gasteiger partial charge in [0.1, 0.15) is 5.25 Å². The average Bonchev–Trinajstić information content (AvgIpc) is 3.18. The van der Waals surface area contributed by atoms with Crippen molar-refractivity contribution in [2.45, 2.75) is 16.6 Å². The zero-order valence-corrected chi connectivity index (χ0v) is 19.5. The number of anilines is 1. The van der Waals surface area contributed by atoms with Crippen LogP contribution in [0.25, 0.3) is 10.8 Å². The SMILES string of the molecule is O=C1NC(=O)C(c2ccc(Cc3ccc(NS(=O)(=O)c4ccc5ccccc5c4)cc3)cc2)S1. The van der Waals surface area contributed by atoms with Gasteiger partial charge >= 0.3 is 0 Å². The molecular formula is C26H20N2O4S2. The smallest absolute Gasteiger partial charge is 0.286 e. The van der Waals surface area contributed by atoms with Gasteiger partial charge in [0.25, 0.3) is 15.3 Å². The van der Waals surface area contributed by atoms with Gasteiger partial charge < -0.3 is 0 Å². The first-order chi connectivity index (χ1) is 16.4. The van der Waals surface area contributed by atoms with Crippen molar-refractivity contribution in [1.82, 2.24) is 5.32 Å². The number of hydrogen-bond acceptors (Lipinski definition) is 5. The van der Waals surface area contributed by atoms with Gasteiger partial charge in [0.05, 0.1) is 4.90 Å². The third kappa shape index (κ3) is 4.69. The third-order valence-electron chi connectivity index (χ3n) is 5.62. The summed E-state index contributed by atoms with van der Waals surface area (Å²) >= 11 is 0.986. The number of thioether (sulfide) groups is 1. The van der Waals surface area contributed by atoms with Gasteiger partial charge in [-0.1, -0.05) is 66.7 Å². The molecule has 1 saturated heterocycles. The number of sulfonamides is 1. The quantitative estimate of drug-likeness (QED) is 0.386. The topological polar surface area (TPSA) is 92.3 Å². The van der Waals surface area contributed by atoms with E-state index in [9.17, 15) is 18.0 Å². The summed E-state index contributed by atoms with van der Waals surface area (Å²) in [5.74, 6) is -0.288. The lowest BCUT2D eigenvalue weighted by atomic mass is 10.0. The molecule has 2 amide bonds. The predicted octanol–water partition coefficient (Wildman–Crippen LogP) is 5.26. The number of benzene rings is 4. The van der Waals surface area contributed by atoms with Crippen molar-refractivity contribution >= 4 is 49.4 Å². The van der Waals surface area contributed by atoms with Crippen molar-refractivity contribution in [3.8, 4) is 0 Å². The zero-order valence-electron chi connectivity index (χ0n) is 17.9. The monoisotopic (exact) mass is 488 g/mol. The number of fused-ring (bicyclic) bond motifs is 1. The van der Waals surface area contributed by atoms with Crippen molar-refractivity contribution in [3.63, 3.8) is 0 Å². The van der Waals surface area contributed by atoms with E-state index in [4.69, 9.17) is 0 Å². The number of amides is 2. The molecule has 0 saturated carbocycles. The van der Waals surface area contributed by atoms with Crippen LogP contribution in [-0.2, 0) is 21.2 Å². The maximum absolute atomic E-state index is 12.8. The molecule has 1 heterocycles. The second-order valence-electron chi connectivity index (χ2n) is 8.00. The van der Waals surface area contributed by atoms with Crippen LogP contribution in [0.2, 0.25) is 0 Å². The first-order valence-electron chi connectivity index (χ1n) is 10.6. The second kappa shape index (κ2) is 8.96. The molecule has 0 aromatic heterocycles. The van der Waals surface area contributed by atoms with E-state index in [1.54, 1.807) is 30.3 Å². The maximum atomic E-state index is 12.8. The van der Waals surface area contributed by atoms with Gasteiger partial charge in [0.2, 0.25) is 5.91 Å². The van der Waals surface area contributed by atoms with Gasteiger partial charge in [-0.3, -0.25) is 19.6 Å². The summed E-state index contributed by atoms with van der Waals surface area (Å²) < 4.78 is 28.3. The summed E-state index contributed by atoms with van der Waals surface area (Å²) in [6, 6.07) is 27.5. The van der Waals surface area contributed by atoms with Crippen LogP contribution in [0.4, 0.5) is 10.5 Å². The van der Waals surface area contributed by atoms with Crippen molar-refractivity contribution in [2.24, 2.45) is 0 Å². The van der Waals surface area contributed by atoms with E-state index < -0.39 is 15.3 Å². The van der Waals surface area contributed by atoms with E-state index in [0.717, 1.165) is 39.2 Å². The molecule has 0 radical (unpaired) electrons. The van der Waals surface area contributed by atoms with E-state index in [1.807, 2.05) is 60.7 Å². The first kappa shape index (κ1) is 22.2. The molecule has 2 N–H and O–H groups in total. The Bertz CT molecular complexity index is 1500. The van der Waals surface area contributed by atoms with Crippen LogP contribution >= 0.6 is 11.8 Å². The molecule has 4 aromatic carbocycles. The molecule has 1 unspecified atom stereocenters. The van der Waals surface area contributed by atoms with Crippen LogP contribution in [-0.4, -0.2) is 19.6 Å². The molecule has 4 aromatic rings. The average molecular weight is 489 g/mol. The lowest BCUT2D eigenvalue weighted by Gasteiger charge is -2.10. The van der Waals surface area contributed by atoms with Gasteiger partial charge in [-0.25, -0.2) is 8.42 Å². The fourth-order valence-corrected chi connectivity index (χ4v) is 5.79. The maximum Gasteiger partial charge on any atom is 0.286 e. The molecule has 1 fully saturated rings. The molecule has 170 valence electrons. The van der Waals surface area contributed by atoms with E-state index in [-0.39, 0.29) is 16.0 Å². The third-order valence-corrected chi connectivity index (χ3v) is 8.03. The molecule has 1 aliphatic rings. The molecule has 6 nitrogen and oxygen atoms in total. The minimum absolute atomic E-state index is 0.214. The normalized spacial score (nSPS) is 15.9. The van der Waals surface area contributed by atoms with Crippen molar-refractivity contribution in [1.29, 1.82) is 0 Å². The Hall–Kier alpha value is -3.62. The summed E-state index contributed by atoms with van der Waals surface area (Å²) in [6.45, 7) is 0. The van der Waals surface area contributed by atoms with Crippen LogP contribution in [0.1, 0.15) is 21.9 Å². The van der Waals surface area contributed by atoms with Crippen LogP contribution in [0.15, 0.2) is 95.9 Å². The molecule has 0 bridgehead atoms. The van der Waals surface area contributed by atoms with Crippen LogP contribution in [0.3, 0.4) is 0 Å². The van der Waals surface area contributed by atoms with Crippen molar-refractivity contribution < 1.29 is 18.0 Å². The zero-order chi connectivity index (χ0) is 23.7. The van der Waals surface area contributed by atoms with E-state index in [2.05, 4.69) is 10.0 Å². The van der Waals surface area contributed by atoms with Crippen molar-refractivity contribution in [3.05, 3.63) is 108 Å². The molecule has 34 heavy (non-hydrogen) atoms. The van der Waals surface area contributed by atoms with Crippen LogP contribution in [0, 0.1) is 0 Å². The first-order valence-corrected chi connectivity index (χ1v) is 12.9. The number of hydrogen-bond donors (Lipinski definition) is 2. The Kier molecular flexibility index (Phi) is 5.85. The lowest BCUT2D eigenvalue weighted by molar-refractivity contribution is -0.119. The summed E-state index contributed by atoms with van der Waals surface area (Å²) in [7, 11) is -3.71. The molecule has 1 aliphatic heterocycles. The van der Waals surface area contributed by atoms with E-state index >= 15 is 0 Å². The minimum Gasteiger partial charge on any atom is -0.286 e. The van der Waals surface area contributed by atoms with Crippen LogP contribution < -0.4 is 10.0 Å². The predicted molar refractivity (Wildman–Crippen MR) is 134 cm³/mol. The Morgan fingerprint density at radius 1 is 0.794 bits per heavy atom. The molecule has 8 heteroatoms. The summed E-state index contributed by atoms with van der Waals surface area (Å²) in [5.41, 5.74) is 3.34. The molecule has 0 spiro atoms. The van der Waals surface area contributed by atoms with Gasteiger partial charge in [-0.05, 0) is 69.9 Å². The Morgan fingerprint density at radius 3 is 2.09 bits per heavy atom. The fraction of sp³-hybridized carbons (Fsp3) is 0.0769. The summed E-state index contributed by atoms with van der Waals surface area (Å²) in [4.78, 5) is 23.4. The lowest BCUT2D eigenvalue weighted by Crippen LogP contribution is -2.20. The number of carbonyl (C=O) groups excluding carboxylic acids is 2. The standard InChI is InChI=1S/C26H20N2O4S2/c29-25-24(33-26(30)27-25)20-9-5-17(6-10-20)15-18-7-12-22(13-8-18)28-34(31,32)23-14-11-19-3-1-2-4-21(19)16-23/h1-14,16,24,28H,15H2,(H,27,29,30). The highest BCUT2D eigenvalue weighted by Gasteiger charge is 2.32. The number of imide groups is 1. The van der Waals surface area contributed by atoms with Gasteiger partial charge in [0.15, 0.2) is 0 Å². The molecular weight excluding hydrogens is 468 g/mol. The Morgan fingerprint density at radius 2 is 1.44 bits per heavy atom. The van der Waals surface area contributed by atoms with Gasteiger partial charge in [-0.2, -0.15) is 0 Å². The van der Waals surface area contributed by atoms with Gasteiger partial charge in [0, 0.05) is 5.69 Å². The summed E-state index contributed by atoms with van der Waals surface area (Å²) in [5, 5.41) is 3.32. The van der Waals surface area contributed by atoms with Gasteiger partial charge in [-0.15, -0.1) is 0 Å². The highest BCUT2D eigenvalue weighted by atomic mass is 32.2. The highest BCUT2D eigenvalue weighted by molar-refractivity contribution is 8.15. The fourth-order valence-electron chi connectivity index (χ4n) is 3.86. The Balaban J connectivity index is 1.26.